The summed E-state index contributed by atoms with van der Waals surface area (Å²) in [5, 5.41) is 0. The molecule has 0 amide bonds. The molecule has 0 fully saturated rings. The Labute approximate surface area is 295 Å². The van der Waals surface area contributed by atoms with Crippen LogP contribution in [0.25, 0.3) is 0 Å². The zero-order valence-corrected chi connectivity index (χ0v) is 31.7. The number of carbonyl (C=O) groups is 2. The number of hydrogen-bond donors (Lipinski definition) is 0. The Kier molecular flexibility index (Phi) is 60.8. The molecule has 8 N–H and O–H groups in total. The minimum absolute atomic E-state index is 0. The molecule has 6 nitrogen and oxygen atoms in total. The molecule has 0 aromatic carbocycles. The third-order valence-electron chi connectivity index (χ3n) is 8.69. The molecule has 0 bridgehead atoms. The van der Waals surface area contributed by atoms with Crippen LogP contribution in [0, 0.1) is 0 Å². The standard InChI is InChI=1S/C38H72O2.4H2O.Ti/c1-4-6-8-10-12-14-16-18-20-22-24-26-28-30-32-34-37(39)36(3)38(40)35-33-31-29-27-25-23-21-19-17-15-13-11-9-7-5-2;;;;;/h3-35H2,1-2H3;4*1H2;. The van der Waals surface area contributed by atoms with E-state index >= 15 is 0 Å². The van der Waals surface area contributed by atoms with Gasteiger partial charge in [0.05, 0.1) is 5.57 Å². The predicted octanol–water partition coefficient (Wildman–Crippen LogP) is 9.90. The SMILES string of the molecule is C=C(C(=O)CCCCCCCCCCCCCCCCC)C(=O)CCCCCCCCCCCCCCCCC.O.O.O.O.[Ti]. The van der Waals surface area contributed by atoms with Crippen LogP contribution in [0.5, 0.6) is 0 Å². The van der Waals surface area contributed by atoms with Crippen molar-refractivity contribution in [3.8, 4) is 0 Å². The fourth-order valence-electron chi connectivity index (χ4n) is 5.77. The van der Waals surface area contributed by atoms with Gasteiger partial charge in [0.2, 0.25) is 0 Å². The second kappa shape index (κ2) is 48.0. The van der Waals surface area contributed by atoms with E-state index in [4.69, 9.17) is 0 Å². The Balaban J connectivity index is -0.000000760. The fourth-order valence-corrected chi connectivity index (χ4v) is 5.77. The third-order valence-corrected chi connectivity index (χ3v) is 8.69. The van der Waals surface area contributed by atoms with Crippen LogP contribution in [0.2, 0.25) is 0 Å². The van der Waals surface area contributed by atoms with Crippen molar-refractivity contribution in [1.29, 1.82) is 0 Å². The second-order valence-electron chi connectivity index (χ2n) is 12.7. The summed E-state index contributed by atoms with van der Waals surface area (Å²) in [7, 11) is 0. The molecule has 0 aromatic heterocycles. The maximum absolute atomic E-state index is 12.4. The minimum atomic E-state index is -0.0133. The maximum atomic E-state index is 12.4. The molecule has 0 saturated carbocycles. The van der Waals surface area contributed by atoms with Crippen LogP contribution in [-0.2, 0) is 31.3 Å². The van der Waals surface area contributed by atoms with Crippen molar-refractivity contribution in [3.05, 3.63) is 12.2 Å². The van der Waals surface area contributed by atoms with Crippen LogP contribution in [-0.4, -0.2) is 33.5 Å². The quantitative estimate of drug-likeness (QED) is 0.0218. The summed E-state index contributed by atoms with van der Waals surface area (Å²) in [6.07, 6.45) is 40.7. The summed E-state index contributed by atoms with van der Waals surface area (Å²) in [6, 6.07) is 0. The molecule has 0 saturated heterocycles. The average molecular weight is 681 g/mol. The van der Waals surface area contributed by atoms with Gasteiger partial charge in [0.15, 0.2) is 11.6 Å². The van der Waals surface area contributed by atoms with Crippen molar-refractivity contribution in [2.45, 2.75) is 219 Å². The fraction of sp³-hybridized carbons (Fsp3) is 0.895. The van der Waals surface area contributed by atoms with Gasteiger partial charge in [-0.2, -0.15) is 0 Å². The Morgan fingerprint density at radius 3 is 0.667 bits per heavy atom. The number of allylic oxidation sites excluding steroid dienone is 1. The first kappa shape index (κ1) is 56.9. The molecule has 0 heterocycles. The van der Waals surface area contributed by atoms with Crippen LogP contribution >= 0.6 is 0 Å². The summed E-state index contributed by atoms with van der Waals surface area (Å²) >= 11 is 0. The maximum Gasteiger partial charge on any atom is 0.165 e. The number of hydrogen-bond acceptors (Lipinski definition) is 2. The number of carbonyl (C=O) groups excluding carboxylic acids is 2. The van der Waals surface area contributed by atoms with Gasteiger partial charge in [-0.15, -0.1) is 0 Å². The van der Waals surface area contributed by atoms with E-state index in [1.807, 2.05) is 0 Å². The summed E-state index contributed by atoms with van der Waals surface area (Å²) in [5.74, 6) is -0.0266. The number of ketones is 2. The number of Topliss-reactive ketones (excluding diaryl/α,β-unsaturated/α-hetero) is 2. The van der Waals surface area contributed by atoms with E-state index in [2.05, 4.69) is 20.4 Å². The van der Waals surface area contributed by atoms with Gasteiger partial charge in [0.25, 0.3) is 0 Å². The Hall–Kier alpha value is -0.366. The van der Waals surface area contributed by atoms with Crippen molar-refractivity contribution >= 4 is 11.6 Å². The Morgan fingerprint density at radius 2 is 0.489 bits per heavy atom. The predicted molar refractivity (Wildman–Crippen MR) is 193 cm³/mol. The van der Waals surface area contributed by atoms with Gasteiger partial charge < -0.3 is 21.9 Å². The number of rotatable bonds is 34. The molecule has 0 aromatic rings. The van der Waals surface area contributed by atoms with Gasteiger partial charge in [-0.1, -0.05) is 200 Å². The molecule has 0 aliphatic heterocycles. The molecule has 0 spiro atoms. The van der Waals surface area contributed by atoms with Crippen LogP contribution in [0.4, 0.5) is 0 Å². The molecule has 0 unspecified atom stereocenters. The van der Waals surface area contributed by atoms with Crippen LogP contribution in [0.15, 0.2) is 12.2 Å². The smallest absolute Gasteiger partial charge is 0.165 e. The van der Waals surface area contributed by atoms with E-state index in [0.717, 1.165) is 25.7 Å². The third kappa shape index (κ3) is 43.6. The monoisotopic (exact) mass is 681 g/mol. The zero-order chi connectivity index (χ0) is 29.4. The van der Waals surface area contributed by atoms with Gasteiger partial charge in [-0.25, -0.2) is 0 Å². The molecule has 7 heteroatoms. The first-order valence-corrected chi connectivity index (χ1v) is 18.4. The first-order valence-electron chi connectivity index (χ1n) is 18.4. The molecule has 0 atom stereocenters. The average Bonchev–Trinajstić information content (AvgIpc) is 2.96. The molecular formula is C38H80O6Ti. The summed E-state index contributed by atoms with van der Waals surface area (Å²) in [4.78, 5) is 24.7. The van der Waals surface area contributed by atoms with Gasteiger partial charge >= 0.3 is 0 Å². The van der Waals surface area contributed by atoms with Crippen LogP contribution < -0.4 is 0 Å². The zero-order valence-electron chi connectivity index (χ0n) is 30.2. The normalized spacial score (nSPS) is 10.0. The Morgan fingerprint density at radius 1 is 0.333 bits per heavy atom. The summed E-state index contributed by atoms with van der Waals surface area (Å²) in [6.45, 7) is 8.39. The van der Waals surface area contributed by atoms with E-state index in [0.29, 0.717) is 12.8 Å². The largest absolute Gasteiger partial charge is 0.412 e. The summed E-state index contributed by atoms with van der Waals surface area (Å²) in [5.41, 5.74) is 0.260. The van der Waals surface area contributed by atoms with E-state index < -0.39 is 0 Å². The van der Waals surface area contributed by atoms with Crippen molar-refractivity contribution in [3.63, 3.8) is 0 Å². The van der Waals surface area contributed by atoms with Crippen LogP contribution in [0.3, 0.4) is 0 Å². The van der Waals surface area contributed by atoms with E-state index in [1.165, 1.54) is 167 Å². The van der Waals surface area contributed by atoms with Crippen molar-refractivity contribution in [2.75, 3.05) is 0 Å². The van der Waals surface area contributed by atoms with Gasteiger partial charge in [0, 0.05) is 34.6 Å². The topological polar surface area (TPSA) is 160 Å². The second-order valence-corrected chi connectivity index (χ2v) is 12.7. The minimum Gasteiger partial charge on any atom is -0.412 e. The molecule has 0 aliphatic rings. The van der Waals surface area contributed by atoms with Gasteiger partial charge in [-0.05, 0) is 12.8 Å². The first-order chi connectivity index (χ1) is 19.6. The molecule has 272 valence electrons. The van der Waals surface area contributed by atoms with Crippen molar-refractivity contribution in [2.24, 2.45) is 0 Å². The molecule has 0 aliphatic carbocycles. The molecule has 0 radical (unpaired) electrons. The van der Waals surface area contributed by atoms with Crippen molar-refractivity contribution in [1.82, 2.24) is 0 Å². The van der Waals surface area contributed by atoms with E-state index in [9.17, 15) is 9.59 Å². The Bertz CT molecular complexity index is 537. The molecule has 0 rings (SSSR count). The van der Waals surface area contributed by atoms with Gasteiger partial charge in [-0.3, -0.25) is 9.59 Å². The number of unbranched alkanes of at least 4 members (excludes halogenated alkanes) is 28. The van der Waals surface area contributed by atoms with E-state index in [1.54, 1.807) is 0 Å². The van der Waals surface area contributed by atoms with Gasteiger partial charge in [0.1, 0.15) is 0 Å². The van der Waals surface area contributed by atoms with Crippen LogP contribution in [0.1, 0.15) is 219 Å². The van der Waals surface area contributed by atoms with E-state index in [-0.39, 0.29) is 60.8 Å². The molecular weight excluding hydrogens is 600 g/mol. The summed E-state index contributed by atoms with van der Waals surface area (Å²) < 4.78 is 0. The molecule has 45 heavy (non-hydrogen) atoms. The van der Waals surface area contributed by atoms with Crippen molar-refractivity contribution < 1.29 is 53.2 Å².